The summed E-state index contributed by atoms with van der Waals surface area (Å²) in [6.45, 7) is 0.844. The molecule has 0 saturated carbocycles. The van der Waals surface area contributed by atoms with Crippen molar-refractivity contribution in [1.29, 1.82) is 0 Å². The number of hydrogen-bond donors (Lipinski definition) is 2. The number of fused-ring (bicyclic) bond motifs is 1. The highest BCUT2D eigenvalue weighted by Gasteiger charge is 2.13. The maximum Gasteiger partial charge on any atom is 0.172 e. The van der Waals surface area contributed by atoms with Gasteiger partial charge in [-0.1, -0.05) is 29.4 Å². The van der Waals surface area contributed by atoms with Gasteiger partial charge in [0.15, 0.2) is 5.84 Å². The first-order chi connectivity index (χ1) is 5.92. The van der Waals surface area contributed by atoms with E-state index < -0.39 is 0 Å². The summed E-state index contributed by atoms with van der Waals surface area (Å²) in [6, 6.07) is 7.95. The SMILES string of the molecule is O/N=C1\NCCc2ccccc21. The second kappa shape index (κ2) is 2.85. The fraction of sp³-hybridized carbons (Fsp3) is 0.222. The molecule has 1 aromatic rings. The van der Waals surface area contributed by atoms with Crippen molar-refractivity contribution in [3.63, 3.8) is 0 Å². The van der Waals surface area contributed by atoms with Crippen LogP contribution in [0.4, 0.5) is 0 Å². The van der Waals surface area contributed by atoms with Crippen molar-refractivity contribution in [1.82, 2.24) is 5.32 Å². The predicted molar refractivity (Wildman–Crippen MR) is 46.5 cm³/mol. The van der Waals surface area contributed by atoms with Crippen LogP contribution in [0, 0.1) is 0 Å². The maximum absolute atomic E-state index is 8.66. The molecule has 0 aliphatic carbocycles. The Kier molecular flexibility index (Phi) is 1.70. The lowest BCUT2D eigenvalue weighted by Gasteiger charge is -2.17. The number of nitrogens with one attached hydrogen (secondary N) is 1. The molecule has 0 aromatic heterocycles. The van der Waals surface area contributed by atoms with Gasteiger partial charge >= 0.3 is 0 Å². The van der Waals surface area contributed by atoms with Crippen LogP contribution in [0.25, 0.3) is 0 Å². The van der Waals surface area contributed by atoms with Crippen LogP contribution in [0.5, 0.6) is 0 Å². The number of rotatable bonds is 0. The molecule has 2 N–H and O–H groups in total. The predicted octanol–water partition coefficient (Wildman–Crippen LogP) is 0.968. The van der Waals surface area contributed by atoms with E-state index in [1.54, 1.807) is 0 Å². The molecular formula is C9H10N2O. The number of nitrogens with zero attached hydrogens (tertiary/aromatic N) is 1. The van der Waals surface area contributed by atoms with Gasteiger partial charge in [0.2, 0.25) is 0 Å². The second-order valence-electron chi connectivity index (χ2n) is 2.78. The number of amidine groups is 1. The van der Waals surface area contributed by atoms with Gasteiger partial charge in [-0.25, -0.2) is 0 Å². The molecule has 0 spiro atoms. The highest BCUT2D eigenvalue weighted by molar-refractivity contribution is 6.00. The fourth-order valence-electron chi connectivity index (χ4n) is 1.47. The summed E-state index contributed by atoms with van der Waals surface area (Å²) in [5, 5.41) is 14.9. The molecular weight excluding hydrogens is 152 g/mol. The van der Waals surface area contributed by atoms with E-state index >= 15 is 0 Å². The summed E-state index contributed by atoms with van der Waals surface area (Å²) in [6.07, 6.45) is 0.995. The number of oxime groups is 1. The molecule has 2 rings (SSSR count). The quantitative estimate of drug-likeness (QED) is 0.441. The Bertz CT molecular complexity index is 320. The van der Waals surface area contributed by atoms with Crippen LogP contribution in [-0.4, -0.2) is 17.6 Å². The van der Waals surface area contributed by atoms with E-state index in [2.05, 4.69) is 16.5 Å². The molecule has 0 fully saturated rings. The Balaban J connectivity index is 2.51. The summed E-state index contributed by atoms with van der Waals surface area (Å²) < 4.78 is 0. The average molecular weight is 162 g/mol. The minimum Gasteiger partial charge on any atom is -0.409 e. The lowest BCUT2D eigenvalue weighted by atomic mass is 10.0. The lowest BCUT2D eigenvalue weighted by molar-refractivity contribution is 0.316. The monoisotopic (exact) mass is 162 g/mol. The normalized spacial score (nSPS) is 18.5. The lowest BCUT2D eigenvalue weighted by Crippen LogP contribution is -2.32. The Morgan fingerprint density at radius 3 is 3.00 bits per heavy atom. The molecule has 0 saturated heterocycles. The van der Waals surface area contributed by atoms with Crippen molar-refractivity contribution in [3.05, 3.63) is 35.4 Å². The zero-order chi connectivity index (χ0) is 8.39. The van der Waals surface area contributed by atoms with E-state index in [4.69, 9.17) is 5.21 Å². The van der Waals surface area contributed by atoms with E-state index in [0.29, 0.717) is 5.84 Å². The molecule has 0 atom stereocenters. The molecule has 0 unspecified atom stereocenters. The molecule has 3 nitrogen and oxygen atoms in total. The van der Waals surface area contributed by atoms with Gasteiger partial charge in [-0.15, -0.1) is 0 Å². The molecule has 12 heavy (non-hydrogen) atoms. The summed E-state index contributed by atoms with van der Waals surface area (Å²) in [5.74, 6) is 0.580. The third-order valence-electron chi connectivity index (χ3n) is 2.06. The van der Waals surface area contributed by atoms with Crippen molar-refractivity contribution in [2.24, 2.45) is 5.16 Å². The third-order valence-corrected chi connectivity index (χ3v) is 2.06. The first kappa shape index (κ1) is 7.16. The highest BCUT2D eigenvalue weighted by Crippen LogP contribution is 2.12. The molecule has 1 heterocycles. The average Bonchev–Trinajstić information content (AvgIpc) is 2.17. The van der Waals surface area contributed by atoms with Gasteiger partial charge in [0.1, 0.15) is 0 Å². The molecule has 62 valence electrons. The van der Waals surface area contributed by atoms with Gasteiger partial charge in [-0.05, 0) is 12.0 Å². The minimum absolute atomic E-state index is 0.580. The first-order valence-corrected chi connectivity index (χ1v) is 3.96. The largest absolute Gasteiger partial charge is 0.409 e. The van der Waals surface area contributed by atoms with Crippen LogP contribution in [0.1, 0.15) is 11.1 Å². The van der Waals surface area contributed by atoms with Gasteiger partial charge in [0.25, 0.3) is 0 Å². The number of hydrogen-bond acceptors (Lipinski definition) is 2. The van der Waals surface area contributed by atoms with Crippen molar-refractivity contribution in [2.75, 3.05) is 6.54 Å². The topological polar surface area (TPSA) is 44.6 Å². The van der Waals surface area contributed by atoms with E-state index in [1.807, 2.05) is 18.2 Å². The standard InChI is InChI=1S/C9H10N2O/c12-11-9-8-4-2-1-3-7(8)5-6-10-9/h1-4,12H,5-6H2,(H,10,11). The summed E-state index contributed by atoms with van der Waals surface area (Å²) in [7, 11) is 0. The van der Waals surface area contributed by atoms with E-state index in [0.717, 1.165) is 18.5 Å². The van der Waals surface area contributed by atoms with Crippen LogP contribution in [-0.2, 0) is 6.42 Å². The van der Waals surface area contributed by atoms with Gasteiger partial charge < -0.3 is 10.5 Å². The second-order valence-corrected chi connectivity index (χ2v) is 2.78. The smallest absolute Gasteiger partial charge is 0.172 e. The van der Waals surface area contributed by atoms with Crippen molar-refractivity contribution < 1.29 is 5.21 Å². The zero-order valence-electron chi connectivity index (χ0n) is 6.62. The van der Waals surface area contributed by atoms with E-state index in [1.165, 1.54) is 5.56 Å². The first-order valence-electron chi connectivity index (χ1n) is 3.96. The Morgan fingerprint density at radius 2 is 2.17 bits per heavy atom. The van der Waals surface area contributed by atoms with Crippen LogP contribution < -0.4 is 5.32 Å². The zero-order valence-corrected chi connectivity index (χ0v) is 6.62. The van der Waals surface area contributed by atoms with Crippen LogP contribution in [0.15, 0.2) is 29.4 Å². The van der Waals surface area contributed by atoms with E-state index in [-0.39, 0.29) is 0 Å². The molecule has 1 aromatic carbocycles. The van der Waals surface area contributed by atoms with Crippen LogP contribution in [0.3, 0.4) is 0 Å². The van der Waals surface area contributed by atoms with Gasteiger partial charge in [0, 0.05) is 12.1 Å². The molecule has 1 aliphatic rings. The Hall–Kier alpha value is -1.51. The third kappa shape index (κ3) is 1.03. The summed E-state index contributed by atoms with van der Waals surface area (Å²) in [4.78, 5) is 0. The molecule has 0 bridgehead atoms. The summed E-state index contributed by atoms with van der Waals surface area (Å²) >= 11 is 0. The Labute approximate surface area is 70.7 Å². The minimum atomic E-state index is 0.580. The van der Waals surface area contributed by atoms with Crippen LogP contribution in [0.2, 0.25) is 0 Å². The van der Waals surface area contributed by atoms with E-state index in [9.17, 15) is 0 Å². The van der Waals surface area contributed by atoms with Gasteiger partial charge in [0.05, 0.1) is 0 Å². The molecule has 0 amide bonds. The van der Waals surface area contributed by atoms with Gasteiger partial charge in [-0.3, -0.25) is 0 Å². The van der Waals surface area contributed by atoms with Crippen molar-refractivity contribution >= 4 is 5.84 Å². The molecule has 3 heteroatoms. The van der Waals surface area contributed by atoms with Crippen molar-refractivity contribution in [2.45, 2.75) is 6.42 Å². The van der Waals surface area contributed by atoms with Gasteiger partial charge in [-0.2, -0.15) is 0 Å². The number of benzene rings is 1. The van der Waals surface area contributed by atoms with Crippen molar-refractivity contribution in [3.8, 4) is 0 Å². The highest BCUT2D eigenvalue weighted by atomic mass is 16.4. The fourth-order valence-corrected chi connectivity index (χ4v) is 1.47. The summed E-state index contributed by atoms with van der Waals surface area (Å²) in [5.41, 5.74) is 2.25. The molecule has 1 aliphatic heterocycles. The molecule has 0 radical (unpaired) electrons. The Morgan fingerprint density at radius 1 is 1.33 bits per heavy atom. The van der Waals surface area contributed by atoms with Crippen LogP contribution >= 0.6 is 0 Å². The maximum atomic E-state index is 8.66.